The Morgan fingerprint density at radius 3 is 2.84 bits per heavy atom. The molecule has 1 unspecified atom stereocenters. The first-order valence-electron chi connectivity index (χ1n) is 6.00. The predicted octanol–water partition coefficient (Wildman–Crippen LogP) is 3.31. The van der Waals surface area contributed by atoms with E-state index in [2.05, 4.69) is 4.98 Å². The van der Waals surface area contributed by atoms with E-state index in [-0.39, 0.29) is 12.2 Å². The van der Waals surface area contributed by atoms with Crippen molar-refractivity contribution in [3.05, 3.63) is 59.4 Å². The van der Waals surface area contributed by atoms with Crippen LogP contribution in [-0.4, -0.2) is 16.9 Å². The SMILES string of the molecule is CC(Oc1cccc(Cl)c1)C(=O)Cc1ccccn1. The lowest BCUT2D eigenvalue weighted by atomic mass is 10.1. The van der Waals surface area contributed by atoms with Gasteiger partial charge in [0.05, 0.1) is 6.42 Å². The van der Waals surface area contributed by atoms with E-state index >= 15 is 0 Å². The summed E-state index contributed by atoms with van der Waals surface area (Å²) in [5.41, 5.74) is 0.744. The van der Waals surface area contributed by atoms with E-state index < -0.39 is 6.10 Å². The molecule has 0 aliphatic heterocycles. The van der Waals surface area contributed by atoms with Gasteiger partial charge in [0.15, 0.2) is 11.9 Å². The van der Waals surface area contributed by atoms with Gasteiger partial charge in [-0.3, -0.25) is 9.78 Å². The van der Waals surface area contributed by atoms with E-state index in [1.165, 1.54) is 0 Å². The molecular formula is C15H14ClNO2. The van der Waals surface area contributed by atoms with Crippen molar-refractivity contribution in [2.24, 2.45) is 0 Å². The molecule has 0 aliphatic carbocycles. The number of carbonyl (C=O) groups is 1. The Morgan fingerprint density at radius 1 is 1.32 bits per heavy atom. The van der Waals surface area contributed by atoms with Gasteiger partial charge in [0.25, 0.3) is 0 Å². The number of ether oxygens (including phenoxy) is 1. The minimum atomic E-state index is -0.527. The summed E-state index contributed by atoms with van der Waals surface area (Å²) in [6.45, 7) is 1.73. The number of nitrogens with zero attached hydrogens (tertiary/aromatic N) is 1. The second kappa shape index (κ2) is 6.34. The van der Waals surface area contributed by atoms with Crippen LogP contribution >= 0.6 is 11.6 Å². The summed E-state index contributed by atoms with van der Waals surface area (Å²) in [7, 11) is 0. The molecule has 4 heteroatoms. The van der Waals surface area contributed by atoms with Crippen molar-refractivity contribution in [2.75, 3.05) is 0 Å². The summed E-state index contributed by atoms with van der Waals surface area (Å²) in [6, 6.07) is 12.5. The molecule has 98 valence electrons. The third-order valence-corrected chi connectivity index (χ3v) is 2.88. The van der Waals surface area contributed by atoms with Crippen molar-refractivity contribution in [3.63, 3.8) is 0 Å². The predicted molar refractivity (Wildman–Crippen MR) is 74.5 cm³/mol. The molecule has 1 heterocycles. The highest BCUT2D eigenvalue weighted by Gasteiger charge is 2.15. The highest BCUT2D eigenvalue weighted by atomic mass is 35.5. The van der Waals surface area contributed by atoms with Gasteiger partial charge in [-0.05, 0) is 37.3 Å². The topological polar surface area (TPSA) is 39.2 Å². The first kappa shape index (κ1) is 13.6. The number of hydrogen-bond acceptors (Lipinski definition) is 3. The van der Waals surface area contributed by atoms with Crippen LogP contribution in [0.5, 0.6) is 5.75 Å². The summed E-state index contributed by atoms with van der Waals surface area (Å²) in [5.74, 6) is 0.577. The minimum Gasteiger partial charge on any atom is -0.483 e. The van der Waals surface area contributed by atoms with Crippen LogP contribution in [0, 0.1) is 0 Å². The molecule has 0 N–H and O–H groups in total. The monoisotopic (exact) mass is 275 g/mol. The summed E-state index contributed by atoms with van der Waals surface area (Å²) in [5, 5.41) is 0.585. The molecule has 1 atom stereocenters. The number of ketones is 1. The van der Waals surface area contributed by atoms with Crippen molar-refractivity contribution in [2.45, 2.75) is 19.4 Å². The van der Waals surface area contributed by atoms with Crippen molar-refractivity contribution in [1.82, 2.24) is 4.98 Å². The van der Waals surface area contributed by atoms with Gasteiger partial charge in [0, 0.05) is 16.9 Å². The standard InChI is InChI=1S/C15H14ClNO2/c1-11(19-14-7-4-5-12(16)9-14)15(18)10-13-6-2-3-8-17-13/h2-9,11H,10H2,1H3. The van der Waals surface area contributed by atoms with Crippen LogP contribution in [0.3, 0.4) is 0 Å². The summed E-state index contributed by atoms with van der Waals surface area (Å²) >= 11 is 5.86. The summed E-state index contributed by atoms with van der Waals surface area (Å²) in [6.07, 6.45) is 1.41. The number of pyridine rings is 1. The Balaban J connectivity index is 1.96. The molecule has 1 aromatic heterocycles. The maximum Gasteiger partial charge on any atom is 0.178 e. The molecular weight excluding hydrogens is 262 g/mol. The zero-order chi connectivity index (χ0) is 13.7. The van der Waals surface area contributed by atoms with Gasteiger partial charge in [0.2, 0.25) is 0 Å². The fourth-order valence-corrected chi connectivity index (χ4v) is 1.82. The molecule has 0 radical (unpaired) electrons. The molecule has 0 saturated carbocycles. The number of Topliss-reactive ketones (excluding diaryl/α,β-unsaturated/α-hetero) is 1. The summed E-state index contributed by atoms with van der Waals surface area (Å²) < 4.78 is 5.57. The number of rotatable bonds is 5. The first-order valence-corrected chi connectivity index (χ1v) is 6.38. The average molecular weight is 276 g/mol. The van der Waals surface area contributed by atoms with Crippen LogP contribution < -0.4 is 4.74 Å². The lowest BCUT2D eigenvalue weighted by molar-refractivity contribution is -0.124. The van der Waals surface area contributed by atoms with Gasteiger partial charge in [-0.25, -0.2) is 0 Å². The van der Waals surface area contributed by atoms with E-state index in [0.717, 1.165) is 5.69 Å². The number of aromatic nitrogens is 1. The molecule has 19 heavy (non-hydrogen) atoms. The quantitative estimate of drug-likeness (QED) is 0.840. The van der Waals surface area contributed by atoms with Crippen molar-refractivity contribution in [1.29, 1.82) is 0 Å². The largest absolute Gasteiger partial charge is 0.483 e. The maximum absolute atomic E-state index is 12.0. The van der Waals surface area contributed by atoms with Crippen LogP contribution in [0.4, 0.5) is 0 Å². The van der Waals surface area contributed by atoms with E-state index in [1.807, 2.05) is 18.2 Å². The lowest BCUT2D eigenvalue weighted by Crippen LogP contribution is -2.25. The third-order valence-electron chi connectivity index (χ3n) is 2.64. The molecule has 0 saturated heterocycles. The first-order chi connectivity index (χ1) is 9.15. The highest BCUT2D eigenvalue weighted by molar-refractivity contribution is 6.30. The second-order valence-corrected chi connectivity index (χ2v) is 4.62. The third kappa shape index (κ3) is 4.07. The van der Waals surface area contributed by atoms with Gasteiger partial charge in [-0.1, -0.05) is 23.7 Å². The fourth-order valence-electron chi connectivity index (χ4n) is 1.64. The highest BCUT2D eigenvalue weighted by Crippen LogP contribution is 2.18. The van der Waals surface area contributed by atoms with Gasteiger partial charge < -0.3 is 4.74 Å². The van der Waals surface area contributed by atoms with E-state index in [1.54, 1.807) is 37.4 Å². The van der Waals surface area contributed by atoms with Crippen LogP contribution in [-0.2, 0) is 11.2 Å². The molecule has 0 aliphatic rings. The van der Waals surface area contributed by atoms with Gasteiger partial charge in [-0.15, -0.1) is 0 Å². The van der Waals surface area contributed by atoms with Crippen LogP contribution in [0.15, 0.2) is 48.7 Å². The molecule has 3 nitrogen and oxygen atoms in total. The summed E-state index contributed by atoms with van der Waals surface area (Å²) in [4.78, 5) is 16.1. The maximum atomic E-state index is 12.0. The second-order valence-electron chi connectivity index (χ2n) is 4.18. The Kier molecular flexibility index (Phi) is 4.53. The molecule has 0 amide bonds. The Labute approximate surface area is 117 Å². The lowest BCUT2D eigenvalue weighted by Gasteiger charge is -2.13. The Morgan fingerprint density at radius 2 is 2.16 bits per heavy atom. The van der Waals surface area contributed by atoms with Crippen molar-refractivity contribution in [3.8, 4) is 5.75 Å². The van der Waals surface area contributed by atoms with Crippen LogP contribution in [0.1, 0.15) is 12.6 Å². The van der Waals surface area contributed by atoms with E-state index in [9.17, 15) is 4.79 Å². The molecule has 0 fully saturated rings. The minimum absolute atomic E-state index is 0.0151. The zero-order valence-electron chi connectivity index (χ0n) is 10.5. The number of carbonyl (C=O) groups excluding carboxylic acids is 1. The molecule has 0 spiro atoms. The Bertz CT molecular complexity index is 557. The van der Waals surface area contributed by atoms with Crippen LogP contribution in [0.2, 0.25) is 5.02 Å². The molecule has 0 bridgehead atoms. The number of hydrogen-bond donors (Lipinski definition) is 0. The fraction of sp³-hybridized carbons (Fsp3) is 0.200. The number of benzene rings is 1. The van der Waals surface area contributed by atoms with Gasteiger partial charge in [-0.2, -0.15) is 0 Å². The van der Waals surface area contributed by atoms with E-state index in [4.69, 9.17) is 16.3 Å². The van der Waals surface area contributed by atoms with Crippen molar-refractivity contribution >= 4 is 17.4 Å². The Hall–Kier alpha value is -1.87. The van der Waals surface area contributed by atoms with Gasteiger partial charge >= 0.3 is 0 Å². The van der Waals surface area contributed by atoms with Crippen molar-refractivity contribution < 1.29 is 9.53 Å². The molecule has 1 aromatic carbocycles. The number of halogens is 1. The van der Waals surface area contributed by atoms with Crippen LogP contribution in [0.25, 0.3) is 0 Å². The normalized spacial score (nSPS) is 11.9. The van der Waals surface area contributed by atoms with E-state index in [0.29, 0.717) is 10.8 Å². The molecule has 2 aromatic rings. The van der Waals surface area contributed by atoms with Gasteiger partial charge in [0.1, 0.15) is 5.75 Å². The molecule has 2 rings (SSSR count). The smallest absolute Gasteiger partial charge is 0.178 e. The average Bonchev–Trinajstić information content (AvgIpc) is 2.40. The zero-order valence-corrected chi connectivity index (χ0v) is 11.3.